The first-order valence-electron chi connectivity index (χ1n) is 3.28. The zero-order valence-corrected chi connectivity index (χ0v) is 7.35. The highest BCUT2D eigenvalue weighted by Gasteiger charge is 2.20. The fourth-order valence-electron chi connectivity index (χ4n) is 0.829. The van der Waals surface area contributed by atoms with E-state index in [1.165, 1.54) is 0 Å². The fraction of sp³-hybridized carbons (Fsp3) is 0. The zero-order chi connectivity index (χ0) is 10.7. The van der Waals surface area contributed by atoms with Crippen LogP contribution in [0.5, 0.6) is 0 Å². The number of halogens is 2. The number of nitro benzene ring substituents is 1. The van der Waals surface area contributed by atoms with Gasteiger partial charge in [0.25, 0.3) is 5.69 Å². The molecule has 1 aromatic carbocycles. The van der Waals surface area contributed by atoms with Gasteiger partial charge in [0.1, 0.15) is 0 Å². The van der Waals surface area contributed by atoms with Crippen molar-refractivity contribution in [2.45, 2.75) is 0 Å². The fourth-order valence-corrected chi connectivity index (χ4v) is 0.920. The van der Waals surface area contributed by atoms with Crippen molar-refractivity contribution in [2.24, 2.45) is 4.99 Å². The normalized spacial score (nSPS) is 9.29. The second-order valence-corrected chi connectivity index (χ2v) is 2.37. The topological polar surface area (TPSA) is 55.5 Å². The van der Waals surface area contributed by atoms with Crippen LogP contribution in [0.3, 0.4) is 0 Å². The van der Waals surface area contributed by atoms with Gasteiger partial charge >= 0.3 is 0 Å². The molecule has 0 heterocycles. The Bertz CT molecular complexity index is 444. The maximum absolute atomic E-state index is 13.0. The SMILES string of the molecule is O=[N+]([O-])c1ccc(F)c(F)c1N=C=S. The Morgan fingerprint density at radius 1 is 1.50 bits per heavy atom. The molecule has 0 radical (unpaired) electrons. The highest BCUT2D eigenvalue weighted by molar-refractivity contribution is 7.78. The minimum absolute atomic E-state index is 0.649. The smallest absolute Gasteiger partial charge is 0.258 e. The molecule has 0 amide bonds. The van der Waals surface area contributed by atoms with Gasteiger partial charge in [0.05, 0.1) is 10.1 Å². The number of rotatable bonds is 2. The Hall–Kier alpha value is -1.72. The van der Waals surface area contributed by atoms with E-state index in [0.29, 0.717) is 6.07 Å². The zero-order valence-electron chi connectivity index (χ0n) is 6.53. The van der Waals surface area contributed by atoms with Crippen LogP contribution in [0.25, 0.3) is 0 Å². The number of aliphatic imine (C=N–C) groups is 1. The lowest BCUT2D eigenvalue weighted by atomic mass is 10.2. The van der Waals surface area contributed by atoms with Crippen LogP contribution >= 0.6 is 12.2 Å². The van der Waals surface area contributed by atoms with Gasteiger partial charge in [0.15, 0.2) is 17.3 Å². The first kappa shape index (κ1) is 10.4. The lowest BCUT2D eigenvalue weighted by molar-refractivity contribution is -0.384. The van der Waals surface area contributed by atoms with Gasteiger partial charge in [0.2, 0.25) is 0 Å². The van der Waals surface area contributed by atoms with E-state index < -0.39 is 27.9 Å². The Morgan fingerprint density at radius 2 is 2.14 bits per heavy atom. The van der Waals surface area contributed by atoms with Gasteiger partial charge in [-0.1, -0.05) is 0 Å². The second kappa shape index (κ2) is 3.99. The van der Waals surface area contributed by atoms with E-state index >= 15 is 0 Å². The van der Waals surface area contributed by atoms with Crippen LogP contribution in [0, 0.1) is 21.7 Å². The number of nitrogens with zero attached hydrogens (tertiary/aromatic N) is 2. The summed E-state index contributed by atoms with van der Waals surface area (Å²) in [4.78, 5) is 12.6. The Kier molecular flexibility index (Phi) is 2.95. The van der Waals surface area contributed by atoms with Crippen molar-refractivity contribution < 1.29 is 13.7 Å². The molecule has 0 N–H and O–H groups in total. The second-order valence-electron chi connectivity index (χ2n) is 2.19. The van der Waals surface area contributed by atoms with Crippen molar-refractivity contribution in [3.05, 3.63) is 33.9 Å². The third-order valence-electron chi connectivity index (χ3n) is 1.40. The van der Waals surface area contributed by atoms with E-state index in [1.807, 2.05) is 0 Å². The van der Waals surface area contributed by atoms with Crippen LogP contribution < -0.4 is 0 Å². The van der Waals surface area contributed by atoms with E-state index in [-0.39, 0.29) is 0 Å². The summed E-state index contributed by atoms with van der Waals surface area (Å²) in [5.41, 5.74) is -1.40. The van der Waals surface area contributed by atoms with Gasteiger partial charge in [-0.3, -0.25) is 10.1 Å². The van der Waals surface area contributed by atoms with Crippen molar-refractivity contribution in [3.8, 4) is 0 Å². The molecule has 0 fully saturated rings. The van der Waals surface area contributed by atoms with Crippen molar-refractivity contribution in [1.29, 1.82) is 0 Å². The first-order valence-corrected chi connectivity index (χ1v) is 3.69. The van der Waals surface area contributed by atoms with Crippen molar-refractivity contribution in [1.82, 2.24) is 0 Å². The molecular formula is C7H2F2N2O2S. The molecule has 0 aromatic heterocycles. The molecule has 7 heteroatoms. The van der Waals surface area contributed by atoms with Crippen molar-refractivity contribution in [3.63, 3.8) is 0 Å². The Labute approximate surface area is 82.0 Å². The Morgan fingerprint density at radius 3 is 2.64 bits per heavy atom. The molecular weight excluding hydrogens is 214 g/mol. The molecule has 0 unspecified atom stereocenters. The van der Waals surface area contributed by atoms with Crippen LogP contribution in [-0.2, 0) is 0 Å². The van der Waals surface area contributed by atoms with Gasteiger partial charge in [-0.2, -0.15) is 4.99 Å². The minimum Gasteiger partial charge on any atom is -0.258 e. The number of isothiocyanates is 1. The van der Waals surface area contributed by atoms with Gasteiger partial charge in [0, 0.05) is 6.07 Å². The number of thiocarbonyl (C=S) groups is 1. The highest BCUT2D eigenvalue weighted by atomic mass is 32.1. The molecule has 0 bridgehead atoms. The van der Waals surface area contributed by atoms with Crippen molar-refractivity contribution >= 4 is 28.8 Å². The molecule has 0 aliphatic heterocycles. The molecule has 0 atom stereocenters. The molecule has 0 aliphatic rings. The largest absolute Gasteiger partial charge is 0.298 e. The molecule has 0 saturated carbocycles. The summed E-state index contributed by atoms with van der Waals surface area (Å²) in [6.45, 7) is 0. The van der Waals surface area contributed by atoms with E-state index in [2.05, 4.69) is 17.2 Å². The average Bonchev–Trinajstić information content (AvgIpc) is 2.13. The first-order chi connectivity index (χ1) is 6.57. The quantitative estimate of drug-likeness (QED) is 0.330. The maximum Gasteiger partial charge on any atom is 0.298 e. The van der Waals surface area contributed by atoms with Crippen molar-refractivity contribution in [2.75, 3.05) is 0 Å². The number of nitro groups is 1. The van der Waals surface area contributed by atoms with Gasteiger partial charge in [-0.05, 0) is 18.3 Å². The van der Waals surface area contributed by atoms with Crippen LogP contribution in [0.4, 0.5) is 20.2 Å². The predicted octanol–water partition coefficient (Wildman–Crippen LogP) is 2.61. The molecule has 1 aromatic rings. The van der Waals surface area contributed by atoms with Gasteiger partial charge < -0.3 is 0 Å². The highest BCUT2D eigenvalue weighted by Crippen LogP contribution is 2.31. The summed E-state index contributed by atoms with van der Waals surface area (Å²) < 4.78 is 25.6. The van der Waals surface area contributed by atoms with Gasteiger partial charge in [-0.25, -0.2) is 8.78 Å². The summed E-state index contributed by atoms with van der Waals surface area (Å²) in [6.07, 6.45) is 0. The number of hydrogen-bond acceptors (Lipinski definition) is 4. The summed E-state index contributed by atoms with van der Waals surface area (Å²) >= 11 is 4.15. The van der Waals surface area contributed by atoms with E-state index in [1.54, 1.807) is 5.16 Å². The average molecular weight is 216 g/mol. The number of hydrogen-bond donors (Lipinski definition) is 0. The van der Waals surface area contributed by atoms with Crippen LogP contribution in [0.15, 0.2) is 17.1 Å². The van der Waals surface area contributed by atoms with Crippen LogP contribution in [0.1, 0.15) is 0 Å². The lowest BCUT2D eigenvalue weighted by Crippen LogP contribution is -1.93. The molecule has 0 saturated heterocycles. The molecule has 72 valence electrons. The number of benzene rings is 1. The Balaban J connectivity index is 3.52. The minimum atomic E-state index is -1.41. The molecule has 1 rings (SSSR count). The third kappa shape index (κ3) is 1.78. The van der Waals surface area contributed by atoms with E-state index in [0.717, 1.165) is 6.07 Å². The van der Waals surface area contributed by atoms with Gasteiger partial charge in [-0.15, -0.1) is 0 Å². The molecule has 0 aliphatic carbocycles. The third-order valence-corrected chi connectivity index (χ3v) is 1.49. The molecule has 4 nitrogen and oxygen atoms in total. The summed E-state index contributed by atoms with van der Waals surface area (Å²) in [5, 5.41) is 12.1. The maximum atomic E-state index is 13.0. The standard InChI is InChI=1S/C7H2F2N2O2S/c8-4-1-2-5(11(12)13)7(6(4)9)10-3-14/h1-2H. The monoisotopic (exact) mass is 216 g/mol. The molecule has 0 spiro atoms. The lowest BCUT2D eigenvalue weighted by Gasteiger charge is -1.97. The van der Waals surface area contributed by atoms with Crippen LogP contribution in [-0.4, -0.2) is 10.1 Å². The summed E-state index contributed by atoms with van der Waals surface area (Å²) in [6, 6.07) is 1.46. The van der Waals surface area contributed by atoms with E-state index in [4.69, 9.17) is 0 Å². The summed E-state index contributed by atoms with van der Waals surface area (Å²) in [5.74, 6) is -2.63. The summed E-state index contributed by atoms with van der Waals surface area (Å²) in [7, 11) is 0. The van der Waals surface area contributed by atoms with Crippen LogP contribution in [0.2, 0.25) is 0 Å². The molecule has 14 heavy (non-hydrogen) atoms. The van der Waals surface area contributed by atoms with E-state index in [9.17, 15) is 18.9 Å². The predicted molar refractivity (Wildman–Crippen MR) is 47.7 cm³/mol.